The molecule has 0 spiro atoms. The predicted molar refractivity (Wildman–Crippen MR) is 110 cm³/mol. The van der Waals surface area contributed by atoms with Gasteiger partial charge in [-0.15, -0.1) is 11.3 Å². The third kappa shape index (κ3) is 5.66. The molecule has 0 saturated heterocycles. The van der Waals surface area contributed by atoms with Crippen molar-refractivity contribution in [2.75, 3.05) is 13.2 Å². The molecule has 1 N–H and O–H groups in total. The molecule has 0 aliphatic rings. The number of aromatic nitrogens is 1. The zero-order valence-electron chi connectivity index (χ0n) is 15.7. The van der Waals surface area contributed by atoms with Gasteiger partial charge >= 0.3 is 0 Å². The summed E-state index contributed by atoms with van der Waals surface area (Å²) in [5.41, 5.74) is 4.61. The monoisotopic (exact) mass is 380 g/mol. The van der Waals surface area contributed by atoms with Gasteiger partial charge in [0.25, 0.3) is 5.91 Å². The summed E-state index contributed by atoms with van der Waals surface area (Å²) in [5.74, 6) is 0.591. The largest absolute Gasteiger partial charge is 0.484 e. The number of hydrogen-bond donors (Lipinski definition) is 1. The van der Waals surface area contributed by atoms with E-state index < -0.39 is 0 Å². The molecule has 5 heteroatoms. The average molecular weight is 381 g/mol. The average Bonchev–Trinajstić information content (AvgIpc) is 3.16. The molecule has 1 heterocycles. The van der Waals surface area contributed by atoms with Crippen LogP contribution in [0.4, 0.5) is 0 Å². The molecule has 0 bridgehead atoms. The van der Waals surface area contributed by atoms with Crippen LogP contribution in [0.25, 0.3) is 10.6 Å². The van der Waals surface area contributed by atoms with Gasteiger partial charge in [-0.3, -0.25) is 4.79 Å². The Kier molecular flexibility index (Phi) is 6.60. The van der Waals surface area contributed by atoms with E-state index in [4.69, 9.17) is 4.74 Å². The van der Waals surface area contributed by atoms with Crippen LogP contribution in [0.15, 0.2) is 53.9 Å². The number of carbonyl (C=O) groups excluding carboxylic acids is 1. The van der Waals surface area contributed by atoms with E-state index in [1.54, 1.807) is 11.3 Å². The van der Waals surface area contributed by atoms with Gasteiger partial charge in [-0.05, 0) is 31.0 Å². The van der Waals surface area contributed by atoms with Crippen molar-refractivity contribution in [3.63, 3.8) is 0 Å². The minimum absolute atomic E-state index is 0.0250. The first-order chi connectivity index (χ1) is 13.1. The molecule has 27 heavy (non-hydrogen) atoms. The lowest BCUT2D eigenvalue weighted by Gasteiger charge is -2.07. The Labute approximate surface area is 164 Å². The number of hydrogen-bond acceptors (Lipinski definition) is 4. The molecule has 0 aliphatic carbocycles. The first kappa shape index (κ1) is 19.1. The maximum Gasteiger partial charge on any atom is 0.257 e. The second-order valence-electron chi connectivity index (χ2n) is 6.40. The fourth-order valence-electron chi connectivity index (χ4n) is 2.60. The lowest BCUT2D eigenvalue weighted by atomic mass is 10.2. The standard InChI is InChI=1S/C22H24N2O2S/c1-3-17-6-10-20(11-7-17)26-14-21(25)23-13-12-19-15-27-22(24-19)18-8-4-16(2)5-9-18/h4-11,15H,3,12-14H2,1-2H3,(H,23,25). The first-order valence-electron chi connectivity index (χ1n) is 9.14. The van der Waals surface area contributed by atoms with Crippen molar-refractivity contribution in [1.29, 1.82) is 0 Å². The van der Waals surface area contributed by atoms with Crippen LogP contribution in [0.1, 0.15) is 23.7 Å². The van der Waals surface area contributed by atoms with Gasteiger partial charge in [-0.1, -0.05) is 48.9 Å². The zero-order chi connectivity index (χ0) is 19.1. The Bertz CT molecular complexity index is 870. The van der Waals surface area contributed by atoms with Crippen LogP contribution in [-0.2, 0) is 17.6 Å². The number of thiazole rings is 1. The number of nitrogens with zero attached hydrogens (tertiary/aromatic N) is 1. The SMILES string of the molecule is CCc1ccc(OCC(=O)NCCc2csc(-c3ccc(C)cc3)n2)cc1. The van der Waals surface area contributed by atoms with Crippen molar-refractivity contribution in [1.82, 2.24) is 10.3 Å². The Morgan fingerprint density at radius 3 is 2.56 bits per heavy atom. The van der Waals surface area contributed by atoms with Gasteiger partial charge in [0.2, 0.25) is 0 Å². The molecule has 0 unspecified atom stereocenters. The number of rotatable bonds is 8. The minimum Gasteiger partial charge on any atom is -0.484 e. The second-order valence-corrected chi connectivity index (χ2v) is 7.25. The number of ether oxygens (including phenoxy) is 1. The molecule has 1 amide bonds. The summed E-state index contributed by atoms with van der Waals surface area (Å²) in [6, 6.07) is 16.2. The molecule has 0 fully saturated rings. The van der Waals surface area contributed by atoms with E-state index in [0.717, 1.165) is 22.7 Å². The van der Waals surface area contributed by atoms with E-state index in [0.29, 0.717) is 18.7 Å². The molecule has 1 aromatic heterocycles. The van der Waals surface area contributed by atoms with Crippen LogP contribution in [0.2, 0.25) is 0 Å². The van der Waals surface area contributed by atoms with Crippen molar-refractivity contribution in [2.24, 2.45) is 0 Å². The maximum atomic E-state index is 11.9. The number of carbonyl (C=O) groups is 1. The lowest BCUT2D eigenvalue weighted by Crippen LogP contribution is -2.30. The fourth-order valence-corrected chi connectivity index (χ4v) is 3.46. The van der Waals surface area contributed by atoms with Gasteiger partial charge in [0, 0.05) is 23.9 Å². The summed E-state index contributed by atoms with van der Waals surface area (Å²) >= 11 is 1.63. The Hall–Kier alpha value is -2.66. The number of nitrogens with one attached hydrogen (secondary N) is 1. The Balaban J connectivity index is 1.41. The summed E-state index contributed by atoms with van der Waals surface area (Å²) in [6.07, 6.45) is 1.70. The van der Waals surface area contributed by atoms with Crippen molar-refractivity contribution in [3.8, 4) is 16.3 Å². The van der Waals surface area contributed by atoms with Crippen molar-refractivity contribution in [2.45, 2.75) is 26.7 Å². The van der Waals surface area contributed by atoms with Crippen LogP contribution < -0.4 is 10.1 Å². The van der Waals surface area contributed by atoms with E-state index in [2.05, 4.69) is 48.4 Å². The molecule has 0 aliphatic heterocycles. The molecule has 0 saturated carbocycles. The van der Waals surface area contributed by atoms with Crippen molar-refractivity contribution in [3.05, 3.63) is 70.7 Å². The second kappa shape index (κ2) is 9.33. The highest BCUT2D eigenvalue weighted by molar-refractivity contribution is 7.13. The van der Waals surface area contributed by atoms with Crippen LogP contribution in [0, 0.1) is 6.92 Å². The van der Waals surface area contributed by atoms with Crippen molar-refractivity contribution < 1.29 is 9.53 Å². The molecule has 140 valence electrons. The quantitative estimate of drug-likeness (QED) is 0.629. The number of amides is 1. The zero-order valence-corrected chi connectivity index (χ0v) is 16.5. The van der Waals surface area contributed by atoms with Gasteiger partial charge in [0.15, 0.2) is 6.61 Å². The van der Waals surface area contributed by atoms with Crippen LogP contribution in [-0.4, -0.2) is 24.0 Å². The van der Waals surface area contributed by atoms with E-state index >= 15 is 0 Å². The molecule has 3 rings (SSSR count). The van der Waals surface area contributed by atoms with Gasteiger partial charge in [0.1, 0.15) is 10.8 Å². The smallest absolute Gasteiger partial charge is 0.257 e. The van der Waals surface area contributed by atoms with E-state index in [1.807, 2.05) is 29.6 Å². The summed E-state index contributed by atoms with van der Waals surface area (Å²) in [6.45, 7) is 4.75. The highest BCUT2D eigenvalue weighted by atomic mass is 32.1. The van der Waals surface area contributed by atoms with Gasteiger partial charge in [-0.2, -0.15) is 0 Å². The Morgan fingerprint density at radius 1 is 1.11 bits per heavy atom. The van der Waals surface area contributed by atoms with Crippen LogP contribution in [0.3, 0.4) is 0 Å². The normalized spacial score (nSPS) is 10.6. The molecule has 0 atom stereocenters. The molecule has 0 radical (unpaired) electrons. The molecular weight excluding hydrogens is 356 g/mol. The van der Waals surface area contributed by atoms with Crippen LogP contribution >= 0.6 is 11.3 Å². The molecular formula is C22H24N2O2S. The summed E-state index contributed by atoms with van der Waals surface area (Å²) in [4.78, 5) is 16.6. The summed E-state index contributed by atoms with van der Waals surface area (Å²) in [7, 11) is 0. The highest BCUT2D eigenvalue weighted by Gasteiger charge is 2.06. The highest BCUT2D eigenvalue weighted by Crippen LogP contribution is 2.24. The Morgan fingerprint density at radius 2 is 1.85 bits per heavy atom. The summed E-state index contributed by atoms with van der Waals surface area (Å²) in [5, 5.41) is 5.94. The van der Waals surface area contributed by atoms with Gasteiger partial charge < -0.3 is 10.1 Å². The van der Waals surface area contributed by atoms with E-state index in [1.165, 1.54) is 11.1 Å². The van der Waals surface area contributed by atoms with Crippen LogP contribution in [0.5, 0.6) is 5.75 Å². The fraction of sp³-hybridized carbons (Fsp3) is 0.273. The van der Waals surface area contributed by atoms with Gasteiger partial charge in [0.05, 0.1) is 5.69 Å². The van der Waals surface area contributed by atoms with E-state index in [9.17, 15) is 4.79 Å². The van der Waals surface area contributed by atoms with E-state index in [-0.39, 0.29) is 12.5 Å². The molecule has 2 aromatic carbocycles. The van der Waals surface area contributed by atoms with Crippen molar-refractivity contribution >= 4 is 17.2 Å². The van der Waals surface area contributed by atoms with Gasteiger partial charge in [-0.25, -0.2) is 4.98 Å². The minimum atomic E-state index is -0.122. The maximum absolute atomic E-state index is 11.9. The predicted octanol–water partition coefficient (Wildman–Crippen LogP) is 4.42. The third-order valence-electron chi connectivity index (χ3n) is 4.26. The number of benzene rings is 2. The topological polar surface area (TPSA) is 51.2 Å². The molecule has 4 nitrogen and oxygen atoms in total. The molecule has 3 aromatic rings. The first-order valence-corrected chi connectivity index (χ1v) is 10.0. The number of aryl methyl sites for hydroxylation is 2. The lowest BCUT2D eigenvalue weighted by molar-refractivity contribution is -0.123. The summed E-state index contributed by atoms with van der Waals surface area (Å²) < 4.78 is 5.52. The third-order valence-corrected chi connectivity index (χ3v) is 5.20.